The monoisotopic (exact) mass is 267 g/mol. The minimum Gasteiger partial charge on any atom is -0.296 e. The smallest absolute Gasteiger partial charge is 0.0933 e. The van der Waals surface area contributed by atoms with Crippen LogP contribution in [0.1, 0.15) is 23.4 Å². The van der Waals surface area contributed by atoms with Crippen LogP contribution in [0.25, 0.3) is 0 Å². The van der Waals surface area contributed by atoms with Crippen LogP contribution in [0.2, 0.25) is 4.34 Å². The summed E-state index contributed by atoms with van der Waals surface area (Å²) in [5.74, 6) is 0. The van der Waals surface area contributed by atoms with Gasteiger partial charge in [-0.2, -0.15) is 5.48 Å². The van der Waals surface area contributed by atoms with Gasteiger partial charge in [-0.15, -0.1) is 11.3 Å². The lowest BCUT2D eigenvalue weighted by molar-refractivity contribution is 0.00771. The first-order valence-electron chi connectivity index (χ1n) is 5.42. The average molecular weight is 268 g/mol. The number of thiophene rings is 1. The molecule has 2 rings (SSSR count). The van der Waals surface area contributed by atoms with Crippen LogP contribution in [0.4, 0.5) is 0 Å². The van der Waals surface area contributed by atoms with Crippen LogP contribution >= 0.6 is 22.9 Å². The highest BCUT2D eigenvalue weighted by Gasteiger charge is 2.07. The molecule has 1 N–H and O–H groups in total. The normalized spacial score (nSPS) is 12.6. The molecule has 2 nitrogen and oxygen atoms in total. The van der Waals surface area contributed by atoms with Gasteiger partial charge in [0.05, 0.1) is 17.0 Å². The van der Waals surface area contributed by atoms with Crippen molar-refractivity contribution in [1.82, 2.24) is 5.48 Å². The van der Waals surface area contributed by atoms with Gasteiger partial charge in [0.2, 0.25) is 0 Å². The van der Waals surface area contributed by atoms with E-state index in [0.29, 0.717) is 6.61 Å². The summed E-state index contributed by atoms with van der Waals surface area (Å²) >= 11 is 7.45. The van der Waals surface area contributed by atoms with E-state index in [0.717, 1.165) is 9.90 Å². The molecule has 0 aliphatic heterocycles. The van der Waals surface area contributed by atoms with Gasteiger partial charge in [-0.1, -0.05) is 41.9 Å². The zero-order valence-electron chi connectivity index (χ0n) is 9.52. The molecular formula is C13H14ClNOS. The van der Waals surface area contributed by atoms with E-state index in [4.69, 9.17) is 16.4 Å². The highest BCUT2D eigenvalue weighted by Crippen LogP contribution is 2.26. The third kappa shape index (κ3) is 3.82. The second-order valence-corrected chi connectivity index (χ2v) is 5.50. The van der Waals surface area contributed by atoms with Gasteiger partial charge < -0.3 is 0 Å². The van der Waals surface area contributed by atoms with Crippen molar-refractivity contribution in [1.29, 1.82) is 0 Å². The Bertz CT molecular complexity index is 457. The molecule has 1 aromatic heterocycles. The molecule has 0 spiro atoms. The van der Waals surface area contributed by atoms with Gasteiger partial charge in [-0.3, -0.25) is 4.84 Å². The van der Waals surface area contributed by atoms with Crippen molar-refractivity contribution in [2.24, 2.45) is 0 Å². The zero-order chi connectivity index (χ0) is 12.1. The molecule has 0 amide bonds. The van der Waals surface area contributed by atoms with Gasteiger partial charge in [0.1, 0.15) is 0 Å². The number of halogens is 1. The Morgan fingerprint density at radius 1 is 1.24 bits per heavy atom. The first-order valence-corrected chi connectivity index (χ1v) is 6.61. The number of nitrogens with one attached hydrogen (secondary N) is 1. The van der Waals surface area contributed by atoms with Crippen LogP contribution in [-0.4, -0.2) is 0 Å². The quantitative estimate of drug-likeness (QED) is 0.821. The molecule has 0 fully saturated rings. The van der Waals surface area contributed by atoms with Crippen LogP contribution in [-0.2, 0) is 11.4 Å². The Hall–Kier alpha value is -0.870. The molecule has 17 heavy (non-hydrogen) atoms. The van der Waals surface area contributed by atoms with Crippen molar-refractivity contribution in [3.8, 4) is 0 Å². The van der Waals surface area contributed by atoms with E-state index in [2.05, 4.69) is 5.48 Å². The van der Waals surface area contributed by atoms with Gasteiger partial charge in [0, 0.05) is 4.88 Å². The summed E-state index contributed by atoms with van der Waals surface area (Å²) < 4.78 is 0.803. The van der Waals surface area contributed by atoms with E-state index in [1.54, 1.807) is 11.3 Å². The fraction of sp³-hybridized carbons (Fsp3) is 0.231. The molecule has 4 heteroatoms. The van der Waals surface area contributed by atoms with Gasteiger partial charge in [-0.25, -0.2) is 0 Å². The molecule has 1 unspecified atom stereocenters. The van der Waals surface area contributed by atoms with Crippen LogP contribution in [0, 0.1) is 0 Å². The van der Waals surface area contributed by atoms with E-state index in [-0.39, 0.29) is 6.04 Å². The minimum absolute atomic E-state index is 0.149. The number of hydrogen-bond donors (Lipinski definition) is 1. The van der Waals surface area contributed by atoms with Gasteiger partial charge in [0.25, 0.3) is 0 Å². The maximum atomic E-state index is 5.88. The lowest BCUT2D eigenvalue weighted by atomic mass is 10.2. The Kier molecular flexibility index (Phi) is 4.57. The molecule has 0 saturated carbocycles. The van der Waals surface area contributed by atoms with Crippen molar-refractivity contribution in [2.45, 2.75) is 19.6 Å². The van der Waals surface area contributed by atoms with Crippen molar-refractivity contribution in [2.75, 3.05) is 0 Å². The van der Waals surface area contributed by atoms with Gasteiger partial charge in [-0.05, 0) is 24.6 Å². The summed E-state index contributed by atoms with van der Waals surface area (Å²) in [6.07, 6.45) is 0. The summed E-state index contributed by atoms with van der Waals surface area (Å²) in [6, 6.07) is 14.1. The Balaban J connectivity index is 1.79. The molecule has 1 heterocycles. The predicted octanol–water partition coefficient (Wildman–Crippen LogP) is 4.18. The van der Waals surface area contributed by atoms with Gasteiger partial charge in [0.15, 0.2) is 0 Å². The van der Waals surface area contributed by atoms with Crippen LogP contribution in [0.15, 0.2) is 42.5 Å². The van der Waals surface area contributed by atoms with E-state index in [1.807, 2.05) is 49.4 Å². The summed E-state index contributed by atoms with van der Waals surface area (Å²) in [4.78, 5) is 6.63. The lowest BCUT2D eigenvalue weighted by Crippen LogP contribution is -2.18. The number of hydrogen-bond acceptors (Lipinski definition) is 3. The van der Waals surface area contributed by atoms with Crippen LogP contribution < -0.4 is 5.48 Å². The number of hydroxylamine groups is 1. The molecule has 1 aromatic carbocycles. The predicted molar refractivity (Wildman–Crippen MR) is 72.1 cm³/mol. The molecule has 0 aliphatic carbocycles. The third-order valence-electron chi connectivity index (χ3n) is 2.36. The van der Waals surface area contributed by atoms with E-state index >= 15 is 0 Å². The van der Waals surface area contributed by atoms with Crippen molar-refractivity contribution >= 4 is 22.9 Å². The number of rotatable bonds is 5. The summed E-state index contributed by atoms with van der Waals surface area (Å²) in [6.45, 7) is 2.61. The van der Waals surface area contributed by atoms with Crippen molar-refractivity contribution < 1.29 is 4.84 Å². The minimum atomic E-state index is 0.149. The van der Waals surface area contributed by atoms with E-state index in [1.165, 1.54) is 4.88 Å². The summed E-state index contributed by atoms with van der Waals surface area (Å²) in [5, 5.41) is 0. The highest BCUT2D eigenvalue weighted by atomic mass is 35.5. The fourth-order valence-corrected chi connectivity index (χ4v) is 2.50. The maximum absolute atomic E-state index is 5.88. The van der Waals surface area contributed by atoms with Crippen molar-refractivity contribution in [3.05, 3.63) is 57.2 Å². The Morgan fingerprint density at radius 2 is 2.00 bits per heavy atom. The molecular weight excluding hydrogens is 254 g/mol. The molecule has 0 saturated heterocycles. The van der Waals surface area contributed by atoms with E-state index in [9.17, 15) is 0 Å². The summed E-state index contributed by atoms with van der Waals surface area (Å²) in [5.41, 5.74) is 4.16. The maximum Gasteiger partial charge on any atom is 0.0933 e. The van der Waals surface area contributed by atoms with Crippen LogP contribution in [0.5, 0.6) is 0 Å². The van der Waals surface area contributed by atoms with E-state index < -0.39 is 0 Å². The second-order valence-electron chi connectivity index (χ2n) is 3.76. The van der Waals surface area contributed by atoms with Crippen molar-refractivity contribution in [3.63, 3.8) is 0 Å². The molecule has 2 aromatic rings. The van der Waals surface area contributed by atoms with Crippen LogP contribution in [0.3, 0.4) is 0 Å². The lowest BCUT2D eigenvalue weighted by Gasteiger charge is -2.11. The topological polar surface area (TPSA) is 21.3 Å². The zero-order valence-corrected chi connectivity index (χ0v) is 11.1. The molecule has 0 aliphatic rings. The molecule has 0 bridgehead atoms. The Morgan fingerprint density at radius 3 is 2.65 bits per heavy atom. The molecule has 0 radical (unpaired) electrons. The number of benzene rings is 1. The second kappa shape index (κ2) is 6.17. The first kappa shape index (κ1) is 12.6. The molecule has 90 valence electrons. The first-order chi connectivity index (χ1) is 8.25. The van der Waals surface area contributed by atoms with Gasteiger partial charge >= 0.3 is 0 Å². The highest BCUT2D eigenvalue weighted by molar-refractivity contribution is 7.16. The average Bonchev–Trinajstić information content (AvgIpc) is 2.77. The largest absolute Gasteiger partial charge is 0.296 e. The molecule has 1 atom stereocenters. The third-order valence-corrected chi connectivity index (χ3v) is 3.78. The Labute approximate surface area is 110 Å². The standard InChI is InChI=1S/C13H14ClNOS/c1-10(12-7-8-13(14)17-12)15-16-9-11-5-3-2-4-6-11/h2-8,10,15H,9H2,1H3. The SMILES string of the molecule is CC(NOCc1ccccc1)c1ccc(Cl)s1. The summed E-state index contributed by atoms with van der Waals surface area (Å²) in [7, 11) is 0. The fourth-order valence-electron chi connectivity index (χ4n) is 1.44.